The summed E-state index contributed by atoms with van der Waals surface area (Å²) in [7, 11) is 3.68. The summed E-state index contributed by atoms with van der Waals surface area (Å²) in [6, 6.07) is 0. The monoisotopic (exact) mass is 227 g/mol. The maximum absolute atomic E-state index is 8.94. The lowest BCUT2D eigenvalue weighted by molar-refractivity contribution is 0.131. The third-order valence-electron chi connectivity index (χ3n) is 2.60. The van der Waals surface area contributed by atoms with E-state index in [1.807, 2.05) is 17.8 Å². The Morgan fingerprint density at radius 1 is 1.44 bits per heavy atom. The molecule has 5 nitrogen and oxygen atoms in total. The smallest absolute Gasteiger partial charge is 0.109 e. The summed E-state index contributed by atoms with van der Waals surface area (Å²) in [6.45, 7) is 3.31. The van der Waals surface area contributed by atoms with E-state index in [2.05, 4.69) is 9.88 Å². The Bertz CT molecular complexity index is 289. The summed E-state index contributed by atoms with van der Waals surface area (Å²) in [6.07, 6.45) is 4.65. The average Bonchev–Trinajstić information content (AvgIpc) is 2.68. The zero-order chi connectivity index (χ0) is 11.8. The predicted molar refractivity (Wildman–Crippen MR) is 62.3 cm³/mol. The van der Waals surface area contributed by atoms with Gasteiger partial charge in [-0.15, -0.1) is 0 Å². The van der Waals surface area contributed by atoms with Crippen molar-refractivity contribution in [2.24, 2.45) is 7.05 Å². The molecule has 0 aliphatic rings. The van der Waals surface area contributed by atoms with Crippen LogP contribution in [0, 0.1) is 0 Å². The molecule has 0 atom stereocenters. The number of methoxy groups -OCH3 is 1. The highest BCUT2D eigenvalue weighted by molar-refractivity contribution is 4.91. The quantitative estimate of drug-likeness (QED) is 0.674. The van der Waals surface area contributed by atoms with E-state index >= 15 is 0 Å². The van der Waals surface area contributed by atoms with Gasteiger partial charge < -0.3 is 14.4 Å². The predicted octanol–water partition coefficient (Wildman–Crippen LogP) is -0.0967. The van der Waals surface area contributed by atoms with Gasteiger partial charge in [0.05, 0.1) is 13.2 Å². The van der Waals surface area contributed by atoms with Crippen molar-refractivity contribution in [1.29, 1.82) is 0 Å². The van der Waals surface area contributed by atoms with Gasteiger partial charge in [0.25, 0.3) is 0 Å². The van der Waals surface area contributed by atoms with Gasteiger partial charge in [-0.05, 0) is 0 Å². The van der Waals surface area contributed by atoms with Crippen LogP contribution in [-0.4, -0.2) is 59.5 Å². The van der Waals surface area contributed by atoms with Gasteiger partial charge in [0, 0.05) is 52.6 Å². The summed E-state index contributed by atoms with van der Waals surface area (Å²) < 4.78 is 7.06. The Morgan fingerprint density at radius 2 is 2.25 bits per heavy atom. The lowest BCUT2D eigenvalue weighted by Gasteiger charge is -2.20. The van der Waals surface area contributed by atoms with Crippen LogP contribution < -0.4 is 0 Å². The first-order chi connectivity index (χ1) is 7.77. The standard InChI is InChI=1S/C11H21N3O2/c1-13-6-4-12-11(13)3-5-14(7-9-15)8-10-16-2/h4,6,15H,3,5,7-10H2,1-2H3. The molecule has 1 rings (SSSR count). The van der Waals surface area contributed by atoms with Gasteiger partial charge in [-0.3, -0.25) is 4.90 Å². The van der Waals surface area contributed by atoms with Gasteiger partial charge in [-0.1, -0.05) is 0 Å². The van der Waals surface area contributed by atoms with Gasteiger partial charge >= 0.3 is 0 Å². The van der Waals surface area contributed by atoms with Crippen molar-refractivity contribution in [2.75, 3.05) is 40.0 Å². The van der Waals surface area contributed by atoms with Crippen LogP contribution in [0.15, 0.2) is 12.4 Å². The molecule has 0 saturated carbocycles. The largest absolute Gasteiger partial charge is 0.395 e. The number of aryl methyl sites for hydroxylation is 1. The van der Waals surface area contributed by atoms with Crippen molar-refractivity contribution in [3.63, 3.8) is 0 Å². The number of aromatic nitrogens is 2. The van der Waals surface area contributed by atoms with Gasteiger partial charge in [0.15, 0.2) is 0 Å². The lowest BCUT2D eigenvalue weighted by Crippen LogP contribution is -2.32. The van der Waals surface area contributed by atoms with Gasteiger partial charge in [-0.2, -0.15) is 0 Å². The molecular formula is C11H21N3O2. The fourth-order valence-electron chi connectivity index (χ4n) is 1.59. The maximum Gasteiger partial charge on any atom is 0.109 e. The number of rotatable bonds is 8. The van der Waals surface area contributed by atoms with Crippen molar-refractivity contribution < 1.29 is 9.84 Å². The van der Waals surface area contributed by atoms with Crippen LogP contribution in [0.1, 0.15) is 5.82 Å². The number of aliphatic hydroxyl groups excluding tert-OH is 1. The van der Waals surface area contributed by atoms with Crippen molar-refractivity contribution in [2.45, 2.75) is 6.42 Å². The number of hydrogen-bond donors (Lipinski definition) is 1. The van der Waals surface area contributed by atoms with Crippen molar-refractivity contribution >= 4 is 0 Å². The molecule has 0 aliphatic carbocycles. The number of aliphatic hydroxyl groups is 1. The lowest BCUT2D eigenvalue weighted by atomic mass is 10.3. The molecule has 0 aliphatic heterocycles. The second-order valence-electron chi connectivity index (χ2n) is 3.76. The minimum absolute atomic E-state index is 0.185. The molecular weight excluding hydrogens is 206 g/mol. The van der Waals surface area contributed by atoms with Gasteiger partial charge in [0.1, 0.15) is 5.82 Å². The van der Waals surface area contributed by atoms with Crippen LogP contribution in [0.5, 0.6) is 0 Å². The molecule has 1 aromatic rings. The van der Waals surface area contributed by atoms with E-state index in [4.69, 9.17) is 9.84 Å². The molecule has 0 radical (unpaired) electrons. The van der Waals surface area contributed by atoms with E-state index in [9.17, 15) is 0 Å². The summed E-state index contributed by atoms with van der Waals surface area (Å²) in [5.41, 5.74) is 0. The summed E-state index contributed by atoms with van der Waals surface area (Å²) in [5, 5.41) is 8.94. The van der Waals surface area contributed by atoms with E-state index in [0.717, 1.165) is 25.3 Å². The normalized spacial score (nSPS) is 11.2. The number of ether oxygens (including phenoxy) is 1. The van der Waals surface area contributed by atoms with Gasteiger partial charge in [-0.25, -0.2) is 4.98 Å². The second-order valence-corrected chi connectivity index (χ2v) is 3.76. The molecule has 0 saturated heterocycles. The first kappa shape index (κ1) is 13.2. The van der Waals surface area contributed by atoms with E-state index in [0.29, 0.717) is 13.2 Å². The Balaban J connectivity index is 2.34. The molecule has 0 unspecified atom stereocenters. The summed E-state index contributed by atoms with van der Waals surface area (Å²) in [5.74, 6) is 1.07. The number of imidazole rings is 1. The van der Waals surface area contributed by atoms with E-state index in [1.54, 1.807) is 13.3 Å². The number of hydrogen-bond acceptors (Lipinski definition) is 4. The Labute approximate surface area is 96.7 Å². The zero-order valence-electron chi connectivity index (χ0n) is 10.1. The highest BCUT2D eigenvalue weighted by Gasteiger charge is 2.06. The maximum atomic E-state index is 8.94. The molecule has 0 amide bonds. The minimum atomic E-state index is 0.185. The molecule has 5 heteroatoms. The average molecular weight is 227 g/mol. The zero-order valence-corrected chi connectivity index (χ0v) is 10.1. The van der Waals surface area contributed by atoms with Crippen LogP contribution in [0.3, 0.4) is 0 Å². The molecule has 1 N–H and O–H groups in total. The van der Waals surface area contributed by atoms with E-state index in [1.165, 1.54) is 0 Å². The van der Waals surface area contributed by atoms with Crippen LogP contribution in [0.4, 0.5) is 0 Å². The second kappa shape index (κ2) is 7.38. The fourth-order valence-corrected chi connectivity index (χ4v) is 1.59. The third-order valence-corrected chi connectivity index (χ3v) is 2.60. The first-order valence-corrected chi connectivity index (χ1v) is 5.56. The van der Waals surface area contributed by atoms with Crippen molar-refractivity contribution in [1.82, 2.24) is 14.5 Å². The summed E-state index contributed by atoms with van der Waals surface area (Å²) in [4.78, 5) is 6.45. The fraction of sp³-hybridized carbons (Fsp3) is 0.727. The molecule has 92 valence electrons. The Kier molecular flexibility index (Phi) is 6.07. The topological polar surface area (TPSA) is 50.5 Å². The summed E-state index contributed by atoms with van der Waals surface area (Å²) >= 11 is 0. The van der Waals surface area contributed by atoms with E-state index < -0.39 is 0 Å². The Hall–Kier alpha value is -0.910. The Morgan fingerprint density at radius 3 is 2.81 bits per heavy atom. The van der Waals surface area contributed by atoms with Crippen LogP contribution in [0.2, 0.25) is 0 Å². The van der Waals surface area contributed by atoms with Crippen LogP contribution in [0.25, 0.3) is 0 Å². The third kappa shape index (κ3) is 4.30. The molecule has 1 aromatic heterocycles. The highest BCUT2D eigenvalue weighted by Crippen LogP contribution is 1.98. The molecule has 0 fully saturated rings. The van der Waals surface area contributed by atoms with Crippen LogP contribution in [-0.2, 0) is 18.2 Å². The minimum Gasteiger partial charge on any atom is -0.395 e. The molecule has 0 bridgehead atoms. The molecule has 1 heterocycles. The van der Waals surface area contributed by atoms with E-state index in [-0.39, 0.29) is 6.61 Å². The van der Waals surface area contributed by atoms with Crippen molar-refractivity contribution in [3.8, 4) is 0 Å². The molecule has 0 spiro atoms. The van der Waals surface area contributed by atoms with Crippen LogP contribution >= 0.6 is 0 Å². The van der Waals surface area contributed by atoms with Crippen molar-refractivity contribution in [3.05, 3.63) is 18.2 Å². The molecule has 16 heavy (non-hydrogen) atoms. The molecule has 0 aromatic carbocycles. The SMILES string of the molecule is COCCN(CCO)CCc1nccn1C. The number of nitrogens with zero attached hydrogens (tertiary/aromatic N) is 3. The van der Waals surface area contributed by atoms with Gasteiger partial charge in [0.2, 0.25) is 0 Å². The first-order valence-electron chi connectivity index (χ1n) is 5.56. The highest BCUT2D eigenvalue weighted by atomic mass is 16.5.